The maximum Gasteiger partial charge on any atom is 0.332 e. The number of benzene rings is 2. The summed E-state index contributed by atoms with van der Waals surface area (Å²) >= 11 is 12.3. The van der Waals surface area contributed by atoms with Crippen LogP contribution >= 0.6 is 23.2 Å². The fourth-order valence-corrected chi connectivity index (χ4v) is 4.19. The lowest BCUT2D eigenvalue weighted by Gasteiger charge is -2.16. The molecule has 0 fully saturated rings. The Kier molecular flexibility index (Phi) is 4.28. The molecular formula is C22H14Cl2N4O3. The topological polar surface area (TPSA) is 78.9 Å². The minimum atomic E-state index is -0.545. The van der Waals surface area contributed by atoms with Gasteiger partial charge in [-0.1, -0.05) is 41.4 Å². The van der Waals surface area contributed by atoms with Gasteiger partial charge in [0.2, 0.25) is 0 Å². The van der Waals surface area contributed by atoms with Crippen molar-refractivity contribution in [3.63, 3.8) is 0 Å². The maximum atomic E-state index is 13.6. The van der Waals surface area contributed by atoms with Gasteiger partial charge in [-0.15, -0.1) is 0 Å². The quantitative estimate of drug-likeness (QED) is 0.288. The van der Waals surface area contributed by atoms with Crippen LogP contribution in [0.1, 0.15) is 0 Å². The first kappa shape index (κ1) is 19.5. The Morgan fingerprint density at radius 1 is 0.839 bits per heavy atom. The number of hydrogen-bond donors (Lipinski definition) is 0. The van der Waals surface area contributed by atoms with Gasteiger partial charge in [0.1, 0.15) is 11.0 Å². The number of nitrogens with zero attached hydrogens (tertiary/aromatic N) is 4. The number of hydrogen-bond acceptors (Lipinski definition) is 4. The third-order valence-corrected chi connectivity index (χ3v) is 6.11. The molecule has 5 rings (SSSR count). The van der Waals surface area contributed by atoms with Crippen molar-refractivity contribution >= 4 is 56.0 Å². The van der Waals surface area contributed by atoms with E-state index in [0.29, 0.717) is 26.6 Å². The molecule has 0 saturated carbocycles. The van der Waals surface area contributed by atoms with Gasteiger partial charge in [-0.3, -0.25) is 23.3 Å². The first-order chi connectivity index (χ1) is 14.8. The summed E-state index contributed by atoms with van der Waals surface area (Å²) in [6, 6.07) is 13.7. The van der Waals surface area contributed by atoms with E-state index in [1.165, 1.54) is 23.2 Å². The van der Waals surface area contributed by atoms with E-state index < -0.39 is 16.8 Å². The molecule has 0 saturated heterocycles. The first-order valence-electron chi connectivity index (χ1n) is 9.29. The van der Waals surface area contributed by atoms with Crippen molar-refractivity contribution in [3.8, 4) is 5.69 Å². The van der Waals surface area contributed by atoms with E-state index in [-0.39, 0.29) is 21.9 Å². The molecule has 0 amide bonds. The van der Waals surface area contributed by atoms with Crippen LogP contribution in [0.5, 0.6) is 0 Å². The van der Waals surface area contributed by atoms with Crippen molar-refractivity contribution in [2.75, 3.05) is 0 Å². The van der Waals surface area contributed by atoms with Crippen LogP contribution in [0.3, 0.4) is 0 Å². The highest BCUT2D eigenvalue weighted by molar-refractivity contribution is 6.42. The molecule has 0 aliphatic rings. The molecule has 0 unspecified atom stereocenters. The molecule has 154 valence electrons. The summed E-state index contributed by atoms with van der Waals surface area (Å²) < 4.78 is 3.65. The normalized spacial score (nSPS) is 11.6. The molecule has 3 aromatic heterocycles. The molecular weight excluding hydrogens is 439 g/mol. The zero-order valence-electron chi connectivity index (χ0n) is 16.4. The second-order valence-corrected chi connectivity index (χ2v) is 8.04. The summed E-state index contributed by atoms with van der Waals surface area (Å²) in [6.07, 6.45) is 0. The van der Waals surface area contributed by atoms with E-state index in [2.05, 4.69) is 4.98 Å². The molecule has 7 nitrogen and oxygen atoms in total. The lowest BCUT2D eigenvalue weighted by molar-refractivity contribution is 0.700. The van der Waals surface area contributed by atoms with Crippen molar-refractivity contribution < 1.29 is 0 Å². The van der Waals surface area contributed by atoms with Gasteiger partial charge in [-0.25, -0.2) is 9.78 Å². The van der Waals surface area contributed by atoms with E-state index in [0.717, 1.165) is 4.57 Å². The van der Waals surface area contributed by atoms with Crippen molar-refractivity contribution in [1.29, 1.82) is 0 Å². The Morgan fingerprint density at radius 2 is 1.52 bits per heavy atom. The smallest absolute Gasteiger partial charge is 0.281 e. The molecule has 0 aliphatic heterocycles. The Hall–Kier alpha value is -3.42. The number of rotatable bonds is 1. The number of pyridine rings is 2. The summed E-state index contributed by atoms with van der Waals surface area (Å²) in [7, 11) is 2.91. The summed E-state index contributed by atoms with van der Waals surface area (Å²) in [5, 5.41) is 1.65. The van der Waals surface area contributed by atoms with Crippen LogP contribution in [0.25, 0.3) is 38.5 Å². The maximum absolute atomic E-state index is 13.6. The largest absolute Gasteiger partial charge is 0.332 e. The highest BCUT2D eigenvalue weighted by atomic mass is 35.5. The van der Waals surface area contributed by atoms with Gasteiger partial charge in [0, 0.05) is 19.5 Å². The van der Waals surface area contributed by atoms with Crippen LogP contribution in [0, 0.1) is 0 Å². The summed E-state index contributed by atoms with van der Waals surface area (Å²) in [5.41, 5.74) is -0.112. The molecule has 0 N–H and O–H groups in total. The summed E-state index contributed by atoms with van der Waals surface area (Å²) in [4.78, 5) is 44.1. The van der Waals surface area contributed by atoms with E-state index in [4.69, 9.17) is 23.2 Å². The highest BCUT2D eigenvalue weighted by Crippen LogP contribution is 2.30. The standard InChI is InChI=1S/C22H14Cl2N4O3/c1-26-19-17(21(30)27(2)22(26)31)18-13(20(29)28(19)12-6-4-3-5-7-12)8-11-9-14(23)15(24)10-16(11)25-18/h3-10H,1-2H3. The van der Waals surface area contributed by atoms with E-state index in [1.54, 1.807) is 42.5 Å². The lowest BCUT2D eigenvalue weighted by atomic mass is 10.1. The SMILES string of the molecule is Cn1c(=O)c2c3nc4cc(Cl)c(Cl)cc4cc3c(=O)n(-c3ccccc3)c2n(C)c1=O. The third-order valence-electron chi connectivity index (χ3n) is 5.39. The summed E-state index contributed by atoms with van der Waals surface area (Å²) in [6.45, 7) is 0. The molecule has 5 aromatic rings. The van der Waals surface area contributed by atoms with Crippen LogP contribution < -0.4 is 16.8 Å². The molecule has 2 aromatic carbocycles. The number of halogens is 2. The van der Waals surface area contributed by atoms with E-state index in [1.807, 2.05) is 6.07 Å². The van der Waals surface area contributed by atoms with Gasteiger partial charge in [0.05, 0.1) is 32.2 Å². The molecule has 0 spiro atoms. The number of aryl methyl sites for hydroxylation is 1. The van der Waals surface area contributed by atoms with Gasteiger partial charge in [0.25, 0.3) is 11.1 Å². The van der Waals surface area contributed by atoms with Crippen LogP contribution in [0.2, 0.25) is 10.0 Å². The first-order valence-corrected chi connectivity index (χ1v) is 10.0. The van der Waals surface area contributed by atoms with Crippen molar-refractivity contribution in [2.24, 2.45) is 14.1 Å². The van der Waals surface area contributed by atoms with Gasteiger partial charge in [0.15, 0.2) is 0 Å². The third kappa shape index (κ3) is 2.74. The molecule has 0 radical (unpaired) electrons. The molecule has 9 heteroatoms. The Labute approximate surface area is 184 Å². The fourth-order valence-electron chi connectivity index (χ4n) is 3.86. The van der Waals surface area contributed by atoms with E-state index in [9.17, 15) is 14.4 Å². The van der Waals surface area contributed by atoms with Crippen LogP contribution in [-0.2, 0) is 14.1 Å². The van der Waals surface area contributed by atoms with Gasteiger partial charge < -0.3 is 0 Å². The Bertz CT molecular complexity index is 1730. The molecule has 31 heavy (non-hydrogen) atoms. The van der Waals surface area contributed by atoms with Crippen molar-refractivity contribution in [3.05, 3.63) is 89.8 Å². The second-order valence-electron chi connectivity index (χ2n) is 7.22. The van der Waals surface area contributed by atoms with Crippen LogP contribution in [0.15, 0.2) is 62.9 Å². The summed E-state index contributed by atoms with van der Waals surface area (Å²) in [5.74, 6) is 0. The van der Waals surface area contributed by atoms with Crippen molar-refractivity contribution in [1.82, 2.24) is 18.7 Å². The minimum Gasteiger partial charge on any atom is -0.281 e. The van der Waals surface area contributed by atoms with Gasteiger partial charge in [-0.05, 0) is 30.3 Å². The second kappa shape index (κ2) is 6.80. The van der Waals surface area contributed by atoms with Crippen LogP contribution in [-0.4, -0.2) is 18.7 Å². The zero-order chi connectivity index (χ0) is 22.0. The number of fused-ring (bicyclic) bond motifs is 4. The van der Waals surface area contributed by atoms with Gasteiger partial charge >= 0.3 is 5.69 Å². The molecule has 0 aliphatic carbocycles. The molecule has 0 atom stereocenters. The Morgan fingerprint density at radius 3 is 2.23 bits per heavy atom. The lowest BCUT2D eigenvalue weighted by Crippen LogP contribution is -2.39. The van der Waals surface area contributed by atoms with Crippen molar-refractivity contribution in [2.45, 2.75) is 0 Å². The van der Waals surface area contributed by atoms with Crippen LogP contribution in [0.4, 0.5) is 0 Å². The Balaban J connectivity index is 2.16. The fraction of sp³-hybridized carbons (Fsp3) is 0.0909. The van der Waals surface area contributed by atoms with E-state index >= 15 is 0 Å². The molecule has 3 heterocycles. The number of aromatic nitrogens is 4. The zero-order valence-corrected chi connectivity index (χ0v) is 17.9. The average Bonchev–Trinajstić information content (AvgIpc) is 2.76. The monoisotopic (exact) mass is 452 g/mol. The molecule has 0 bridgehead atoms. The van der Waals surface area contributed by atoms with Gasteiger partial charge in [-0.2, -0.15) is 0 Å². The predicted molar refractivity (Wildman–Crippen MR) is 123 cm³/mol. The highest BCUT2D eigenvalue weighted by Gasteiger charge is 2.21. The minimum absolute atomic E-state index is 0.163. The average molecular weight is 453 g/mol. The predicted octanol–water partition coefficient (Wildman–Crippen LogP) is 3.40. The number of para-hydroxylation sites is 1.